The maximum atomic E-state index is 12.8. The van der Waals surface area contributed by atoms with E-state index < -0.39 is 11.9 Å². The average Bonchev–Trinajstić information content (AvgIpc) is 3.13. The Bertz CT molecular complexity index is 750. The minimum absolute atomic E-state index is 0.0719. The lowest BCUT2D eigenvalue weighted by Gasteiger charge is -2.34. The SMILES string of the molecule is CCN(CC)c1nc2sc(C(=O)N3CC(C)CC(C(=O)O)C3)cc2s1. The van der Waals surface area contributed by atoms with Crippen LogP contribution >= 0.6 is 22.7 Å². The minimum Gasteiger partial charge on any atom is -0.481 e. The molecule has 0 saturated carbocycles. The van der Waals surface area contributed by atoms with E-state index in [-0.39, 0.29) is 11.8 Å². The van der Waals surface area contributed by atoms with Gasteiger partial charge in [-0.25, -0.2) is 4.98 Å². The van der Waals surface area contributed by atoms with Crippen LogP contribution in [0.15, 0.2) is 6.07 Å². The fourth-order valence-corrected chi connectivity index (χ4v) is 5.62. The zero-order chi connectivity index (χ0) is 18.1. The number of hydrogen-bond donors (Lipinski definition) is 1. The number of fused-ring (bicyclic) bond motifs is 1. The first-order valence-electron chi connectivity index (χ1n) is 8.60. The number of hydrogen-bond acceptors (Lipinski definition) is 6. The molecule has 6 nitrogen and oxygen atoms in total. The summed E-state index contributed by atoms with van der Waals surface area (Å²) in [6.07, 6.45) is 0.632. The molecule has 0 aliphatic carbocycles. The number of aromatic nitrogens is 1. The Morgan fingerprint density at radius 2 is 2.04 bits per heavy atom. The molecule has 1 N–H and O–H groups in total. The van der Waals surface area contributed by atoms with Gasteiger partial charge in [-0.1, -0.05) is 18.3 Å². The number of carbonyl (C=O) groups excluding carboxylic acids is 1. The van der Waals surface area contributed by atoms with Gasteiger partial charge in [-0.05, 0) is 32.3 Å². The molecule has 2 aromatic heterocycles. The third kappa shape index (κ3) is 3.64. The molecule has 136 valence electrons. The number of piperidine rings is 1. The first-order valence-corrected chi connectivity index (χ1v) is 10.2. The number of carboxylic acids is 1. The van der Waals surface area contributed by atoms with Crippen LogP contribution in [0, 0.1) is 11.8 Å². The minimum atomic E-state index is -0.818. The molecule has 1 fully saturated rings. The number of anilines is 1. The number of nitrogens with zero attached hydrogens (tertiary/aromatic N) is 3. The molecule has 0 spiro atoms. The molecular weight excluding hydrogens is 358 g/mol. The Balaban J connectivity index is 1.80. The van der Waals surface area contributed by atoms with Crippen LogP contribution in [0.3, 0.4) is 0 Å². The van der Waals surface area contributed by atoms with Crippen LogP contribution in [0.25, 0.3) is 9.53 Å². The molecule has 8 heteroatoms. The smallest absolute Gasteiger partial charge is 0.308 e. The average molecular weight is 382 g/mol. The van der Waals surface area contributed by atoms with Gasteiger partial charge >= 0.3 is 5.97 Å². The van der Waals surface area contributed by atoms with Gasteiger partial charge in [0, 0.05) is 26.2 Å². The summed E-state index contributed by atoms with van der Waals surface area (Å²) in [6.45, 7) is 8.93. The Morgan fingerprint density at radius 1 is 1.32 bits per heavy atom. The van der Waals surface area contributed by atoms with Crippen LogP contribution in [-0.4, -0.2) is 53.0 Å². The molecule has 1 saturated heterocycles. The summed E-state index contributed by atoms with van der Waals surface area (Å²) in [4.78, 5) is 34.2. The Labute approximate surface area is 155 Å². The van der Waals surface area contributed by atoms with Gasteiger partial charge < -0.3 is 14.9 Å². The maximum absolute atomic E-state index is 12.8. The summed E-state index contributed by atoms with van der Waals surface area (Å²) in [5, 5.41) is 10.3. The second kappa shape index (κ2) is 7.29. The molecule has 0 aromatic carbocycles. The van der Waals surface area contributed by atoms with E-state index in [1.54, 1.807) is 16.2 Å². The largest absolute Gasteiger partial charge is 0.481 e. The zero-order valence-electron chi connectivity index (χ0n) is 14.7. The van der Waals surface area contributed by atoms with Gasteiger partial charge in [0.25, 0.3) is 5.91 Å². The van der Waals surface area contributed by atoms with Crippen molar-refractivity contribution in [2.24, 2.45) is 11.8 Å². The summed E-state index contributed by atoms with van der Waals surface area (Å²) in [5.74, 6) is -1.16. The molecule has 3 rings (SSSR count). The standard InChI is InChI=1S/C17H23N3O3S2/c1-4-19(5-2)17-18-14-12(25-17)7-13(24-14)15(21)20-8-10(3)6-11(9-20)16(22)23/h7,10-11H,4-6,8-9H2,1-3H3,(H,22,23). The van der Waals surface area contributed by atoms with E-state index in [1.807, 2.05) is 13.0 Å². The fraction of sp³-hybridized carbons (Fsp3) is 0.588. The third-order valence-corrected chi connectivity index (χ3v) is 6.83. The van der Waals surface area contributed by atoms with Crippen molar-refractivity contribution in [2.45, 2.75) is 27.2 Å². The molecule has 3 heterocycles. The van der Waals surface area contributed by atoms with Crippen molar-refractivity contribution in [3.63, 3.8) is 0 Å². The van der Waals surface area contributed by atoms with Crippen molar-refractivity contribution >= 4 is 49.2 Å². The summed E-state index contributed by atoms with van der Waals surface area (Å²) in [7, 11) is 0. The highest BCUT2D eigenvalue weighted by molar-refractivity contribution is 7.29. The Morgan fingerprint density at radius 3 is 2.64 bits per heavy atom. The summed E-state index contributed by atoms with van der Waals surface area (Å²) >= 11 is 3.01. The molecule has 1 aliphatic rings. The number of carboxylic acid groups (broad SMARTS) is 1. The van der Waals surface area contributed by atoms with Crippen LogP contribution in [0.1, 0.15) is 36.9 Å². The molecule has 25 heavy (non-hydrogen) atoms. The lowest BCUT2D eigenvalue weighted by Crippen LogP contribution is -2.45. The van der Waals surface area contributed by atoms with E-state index in [0.29, 0.717) is 24.4 Å². The van der Waals surface area contributed by atoms with Crippen molar-refractivity contribution in [3.05, 3.63) is 10.9 Å². The molecule has 2 unspecified atom stereocenters. The van der Waals surface area contributed by atoms with Crippen molar-refractivity contribution in [2.75, 3.05) is 31.1 Å². The van der Waals surface area contributed by atoms with Crippen molar-refractivity contribution in [3.8, 4) is 0 Å². The van der Waals surface area contributed by atoms with Crippen LogP contribution in [-0.2, 0) is 4.79 Å². The molecule has 1 amide bonds. The highest BCUT2D eigenvalue weighted by atomic mass is 32.1. The Hall–Kier alpha value is -1.67. The second-order valence-electron chi connectivity index (χ2n) is 6.53. The highest BCUT2D eigenvalue weighted by Gasteiger charge is 2.33. The number of amides is 1. The fourth-order valence-electron chi connectivity index (χ4n) is 3.31. The first kappa shape index (κ1) is 18.1. The number of thiophene rings is 1. The van der Waals surface area contributed by atoms with Gasteiger partial charge in [-0.3, -0.25) is 9.59 Å². The van der Waals surface area contributed by atoms with E-state index in [1.165, 1.54) is 11.3 Å². The van der Waals surface area contributed by atoms with E-state index >= 15 is 0 Å². The van der Waals surface area contributed by atoms with Crippen molar-refractivity contribution in [1.29, 1.82) is 0 Å². The molecule has 2 aromatic rings. The van der Waals surface area contributed by atoms with E-state index in [0.717, 1.165) is 27.8 Å². The van der Waals surface area contributed by atoms with Gasteiger partial charge in [0.2, 0.25) is 0 Å². The molecule has 0 bridgehead atoms. The molecule has 2 atom stereocenters. The van der Waals surface area contributed by atoms with Crippen LogP contribution in [0.4, 0.5) is 5.13 Å². The number of likely N-dealkylation sites (tertiary alicyclic amines) is 1. The molecule has 0 radical (unpaired) electrons. The van der Waals surface area contributed by atoms with Gasteiger partial charge in [0.05, 0.1) is 15.5 Å². The first-order chi connectivity index (χ1) is 11.9. The lowest BCUT2D eigenvalue weighted by atomic mass is 9.90. The number of thiazole rings is 1. The number of carbonyl (C=O) groups is 2. The summed E-state index contributed by atoms with van der Waals surface area (Å²) in [5.41, 5.74) is 0. The third-order valence-electron chi connectivity index (χ3n) is 4.62. The van der Waals surface area contributed by atoms with Gasteiger partial charge in [0.1, 0.15) is 4.83 Å². The number of aliphatic carboxylic acids is 1. The highest BCUT2D eigenvalue weighted by Crippen LogP contribution is 2.35. The van der Waals surface area contributed by atoms with Crippen LogP contribution < -0.4 is 4.90 Å². The zero-order valence-corrected chi connectivity index (χ0v) is 16.3. The Kier molecular flexibility index (Phi) is 5.29. The maximum Gasteiger partial charge on any atom is 0.308 e. The number of rotatable bonds is 5. The predicted octanol–water partition coefficient (Wildman–Crippen LogP) is 3.39. The van der Waals surface area contributed by atoms with Crippen LogP contribution in [0.5, 0.6) is 0 Å². The predicted molar refractivity (Wildman–Crippen MR) is 102 cm³/mol. The van der Waals surface area contributed by atoms with E-state index in [4.69, 9.17) is 0 Å². The lowest BCUT2D eigenvalue weighted by molar-refractivity contribution is -0.143. The molecular formula is C17H23N3O3S2. The quantitative estimate of drug-likeness (QED) is 0.859. The van der Waals surface area contributed by atoms with Gasteiger partial charge in [0.15, 0.2) is 5.13 Å². The van der Waals surface area contributed by atoms with Crippen molar-refractivity contribution in [1.82, 2.24) is 9.88 Å². The topological polar surface area (TPSA) is 73.7 Å². The van der Waals surface area contributed by atoms with Gasteiger partial charge in [-0.15, -0.1) is 11.3 Å². The van der Waals surface area contributed by atoms with Crippen molar-refractivity contribution < 1.29 is 14.7 Å². The van der Waals surface area contributed by atoms with E-state index in [9.17, 15) is 14.7 Å². The van der Waals surface area contributed by atoms with E-state index in [2.05, 4.69) is 23.7 Å². The monoisotopic (exact) mass is 381 g/mol. The van der Waals surface area contributed by atoms with Crippen LogP contribution in [0.2, 0.25) is 0 Å². The normalized spacial score (nSPS) is 20.8. The summed E-state index contributed by atoms with van der Waals surface area (Å²) < 4.78 is 1.02. The second-order valence-corrected chi connectivity index (χ2v) is 8.57. The summed E-state index contributed by atoms with van der Waals surface area (Å²) in [6, 6.07) is 1.90. The molecule has 1 aliphatic heterocycles. The van der Waals surface area contributed by atoms with Gasteiger partial charge in [-0.2, -0.15) is 0 Å².